The van der Waals surface area contributed by atoms with Gasteiger partial charge in [-0.1, -0.05) is 19.3 Å². The van der Waals surface area contributed by atoms with Gasteiger partial charge in [0.25, 0.3) is 5.56 Å². The molecule has 2 aromatic heterocycles. The van der Waals surface area contributed by atoms with Gasteiger partial charge in [-0.15, -0.1) is 13.2 Å². The third kappa shape index (κ3) is 5.63. The maximum Gasteiger partial charge on any atom is 0.573 e. The Labute approximate surface area is 201 Å². The predicted octanol–water partition coefficient (Wildman–Crippen LogP) is 5.77. The van der Waals surface area contributed by atoms with E-state index in [0.717, 1.165) is 31.2 Å². The number of ether oxygens (including phenoxy) is 1. The van der Waals surface area contributed by atoms with Crippen molar-refractivity contribution in [3.8, 4) is 5.75 Å². The molecule has 2 aliphatic carbocycles. The fraction of sp³-hybridized carbons (Fsp3) is 0.520. The van der Waals surface area contributed by atoms with E-state index < -0.39 is 6.36 Å². The molecule has 0 bridgehead atoms. The van der Waals surface area contributed by atoms with Crippen LogP contribution in [0.2, 0.25) is 0 Å². The van der Waals surface area contributed by atoms with Crippen molar-refractivity contribution in [2.24, 2.45) is 0 Å². The number of aromatic amines is 1. The molecule has 0 spiro atoms. The number of rotatable bonds is 6. The molecule has 0 radical (unpaired) electrons. The molecule has 2 aliphatic rings. The highest BCUT2D eigenvalue weighted by atomic mass is 19.4. The second-order valence-corrected chi connectivity index (χ2v) is 9.56. The predicted molar refractivity (Wildman–Crippen MR) is 128 cm³/mol. The normalized spacial score (nSPS) is 21.8. The second kappa shape index (κ2) is 9.93. The SMILES string of the molecule is O=c1[nH]ccc2c1c(Nc1ccc(OC(F)(F)F)cc1)nn2C1CCC(NC2CCCCC2)CC1. The van der Waals surface area contributed by atoms with Crippen LogP contribution in [-0.2, 0) is 0 Å². The molecular formula is C25H30F3N5O2. The number of aromatic nitrogens is 3. The number of anilines is 2. The first-order valence-electron chi connectivity index (χ1n) is 12.3. The molecular weight excluding hydrogens is 459 g/mol. The van der Waals surface area contributed by atoms with Gasteiger partial charge in [0.2, 0.25) is 0 Å². The quantitative estimate of drug-likeness (QED) is 0.409. The lowest BCUT2D eigenvalue weighted by Crippen LogP contribution is -2.41. The Morgan fingerprint density at radius 1 is 0.943 bits per heavy atom. The van der Waals surface area contributed by atoms with Crippen LogP contribution in [0, 0.1) is 0 Å². The largest absolute Gasteiger partial charge is 0.573 e. The lowest BCUT2D eigenvalue weighted by molar-refractivity contribution is -0.274. The van der Waals surface area contributed by atoms with E-state index in [-0.39, 0.29) is 17.4 Å². The van der Waals surface area contributed by atoms with Gasteiger partial charge in [-0.3, -0.25) is 9.48 Å². The summed E-state index contributed by atoms with van der Waals surface area (Å²) >= 11 is 0. The van der Waals surface area contributed by atoms with Crippen molar-refractivity contribution in [3.05, 3.63) is 46.9 Å². The first kappa shape index (κ1) is 23.7. The smallest absolute Gasteiger partial charge is 0.406 e. The van der Waals surface area contributed by atoms with Crippen LogP contribution in [0.5, 0.6) is 5.75 Å². The Bertz CT molecular complexity index is 1190. The van der Waals surface area contributed by atoms with Crippen molar-refractivity contribution in [3.63, 3.8) is 0 Å². The van der Waals surface area contributed by atoms with E-state index >= 15 is 0 Å². The topological polar surface area (TPSA) is 84.0 Å². The van der Waals surface area contributed by atoms with Gasteiger partial charge >= 0.3 is 6.36 Å². The summed E-state index contributed by atoms with van der Waals surface area (Å²) in [4.78, 5) is 15.4. The van der Waals surface area contributed by atoms with Gasteiger partial charge in [0, 0.05) is 24.0 Å². The van der Waals surface area contributed by atoms with Crippen LogP contribution < -0.4 is 20.9 Å². The Morgan fingerprint density at radius 2 is 1.63 bits per heavy atom. The van der Waals surface area contributed by atoms with Crippen molar-refractivity contribution < 1.29 is 17.9 Å². The van der Waals surface area contributed by atoms with Crippen LogP contribution in [0.15, 0.2) is 41.3 Å². The monoisotopic (exact) mass is 489 g/mol. The number of nitrogens with zero attached hydrogens (tertiary/aromatic N) is 2. The minimum absolute atomic E-state index is 0.182. The van der Waals surface area contributed by atoms with Gasteiger partial charge < -0.3 is 20.4 Å². The second-order valence-electron chi connectivity index (χ2n) is 9.56. The molecule has 5 rings (SSSR count). The Balaban J connectivity index is 1.31. The average Bonchev–Trinajstić information content (AvgIpc) is 3.20. The number of H-pyrrole nitrogens is 1. The number of hydrogen-bond acceptors (Lipinski definition) is 5. The molecule has 3 N–H and O–H groups in total. The van der Waals surface area contributed by atoms with E-state index in [1.807, 2.05) is 10.7 Å². The molecule has 2 fully saturated rings. The summed E-state index contributed by atoms with van der Waals surface area (Å²) in [5, 5.41) is 12.1. The maximum absolute atomic E-state index is 12.7. The maximum atomic E-state index is 12.7. The summed E-state index contributed by atoms with van der Waals surface area (Å²) in [6.07, 6.45) is 7.45. The number of benzene rings is 1. The van der Waals surface area contributed by atoms with Crippen molar-refractivity contribution in [1.29, 1.82) is 0 Å². The van der Waals surface area contributed by atoms with E-state index in [4.69, 9.17) is 5.10 Å². The molecule has 0 amide bonds. The summed E-state index contributed by atoms with van der Waals surface area (Å²) in [6, 6.07) is 8.56. The van der Waals surface area contributed by atoms with Gasteiger partial charge in [0.15, 0.2) is 5.82 Å². The minimum Gasteiger partial charge on any atom is -0.406 e. The highest BCUT2D eigenvalue weighted by molar-refractivity contribution is 5.91. The van der Waals surface area contributed by atoms with Crippen LogP contribution >= 0.6 is 0 Å². The molecule has 2 saturated carbocycles. The fourth-order valence-electron chi connectivity index (χ4n) is 5.43. The summed E-state index contributed by atoms with van der Waals surface area (Å²) in [5.74, 6) is 0.0728. The van der Waals surface area contributed by atoms with Crippen molar-refractivity contribution in [1.82, 2.24) is 20.1 Å². The van der Waals surface area contributed by atoms with Crippen molar-refractivity contribution >= 4 is 22.4 Å². The van der Waals surface area contributed by atoms with Gasteiger partial charge in [0.05, 0.1) is 11.6 Å². The summed E-state index contributed by atoms with van der Waals surface area (Å²) in [7, 11) is 0. The zero-order chi connectivity index (χ0) is 24.4. The van der Waals surface area contributed by atoms with Crippen LogP contribution in [0.3, 0.4) is 0 Å². The van der Waals surface area contributed by atoms with Crippen LogP contribution in [-0.4, -0.2) is 33.2 Å². The van der Waals surface area contributed by atoms with E-state index in [2.05, 4.69) is 20.4 Å². The van der Waals surface area contributed by atoms with Crippen LogP contribution in [0.4, 0.5) is 24.7 Å². The number of hydrogen-bond donors (Lipinski definition) is 3. The first-order valence-corrected chi connectivity index (χ1v) is 12.3. The number of alkyl halides is 3. The van der Waals surface area contributed by atoms with Gasteiger partial charge in [-0.25, -0.2) is 0 Å². The average molecular weight is 490 g/mol. The van der Waals surface area contributed by atoms with Gasteiger partial charge in [-0.2, -0.15) is 5.10 Å². The first-order chi connectivity index (χ1) is 16.9. The third-order valence-electron chi connectivity index (χ3n) is 7.10. The summed E-state index contributed by atoms with van der Waals surface area (Å²) in [6.45, 7) is 0. The van der Waals surface area contributed by atoms with Crippen molar-refractivity contribution in [2.75, 3.05) is 5.32 Å². The third-order valence-corrected chi connectivity index (χ3v) is 7.10. The molecule has 1 aromatic carbocycles. The molecule has 0 atom stereocenters. The van der Waals surface area contributed by atoms with Gasteiger partial charge in [-0.05, 0) is 68.9 Å². The van der Waals surface area contributed by atoms with Crippen molar-refractivity contribution in [2.45, 2.75) is 82.3 Å². The zero-order valence-electron chi connectivity index (χ0n) is 19.4. The standard InChI is InChI=1S/C25H30F3N5O2/c26-25(27,28)35-20-12-8-18(9-13-20)31-23-22-21(14-15-29-24(22)34)33(32-23)19-10-6-17(7-11-19)30-16-4-2-1-3-5-16/h8-9,12-17,19,30H,1-7,10-11H2,(H,29,34)(H,31,32). The highest BCUT2D eigenvalue weighted by Gasteiger charge is 2.31. The Kier molecular flexibility index (Phi) is 6.73. The minimum atomic E-state index is -4.75. The van der Waals surface area contributed by atoms with E-state index in [9.17, 15) is 18.0 Å². The number of pyridine rings is 1. The van der Waals surface area contributed by atoms with Crippen LogP contribution in [0.25, 0.3) is 10.9 Å². The van der Waals surface area contributed by atoms with Crippen LogP contribution in [0.1, 0.15) is 63.8 Å². The molecule has 3 aromatic rings. The zero-order valence-corrected chi connectivity index (χ0v) is 19.4. The van der Waals surface area contributed by atoms with E-state index in [0.29, 0.717) is 29.0 Å². The molecule has 0 aliphatic heterocycles. The number of nitrogens with one attached hydrogen (secondary N) is 3. The fourth-order valence-corrected chi connectivity index (χ4v) is 5.43. The summed E-state index contributed by atoms with van der Waals surface area (Å²) in [5.41, 5.74) is 0.993. The van der Waals surface area contributed by atoms with Gasteiger partial charge in [0.1, 0.15) is 11.1 Å². The molecule has 7 nitrogen and oxygen atoms in total. The molecule has 35 heavy (non-hydrogen) atoms. The summed E-state index contributed by atoms with van der Waals surface area (Å²) < 4.78 is 43.2. The lowest BCUT2D eigenvalue weighted by atomic mass is 9.88. The highest BCUT2D eigenvalue weighted by Crippen LogP contribution is 2.34. The number of halogens is 3. The molecule has 10 heteroatoms. The number of fused-ring (bicyclic) bond motifs is 1. The molecule has 0 unspecified atom stereocenters. The Morgan fingerprint density at radius 3 is 2.31 bits per heavy atom. The van der Waals surface area contributed by atoms with E-state index in [1.165, 1.54) is 56.4 Å². The molecule has 0 saturated heterocycles. The Hall–Kier alpha value is -3.01. The molecule has 188 valence electrons. The lowest BCUT2D eigenvalue weighted by Gasteiger charge is -2.33. The van der Waals surface area contributed by atoms with E-state index in [1.54, 1.807) is 6.20 Å². The molecule has 2 heterocycles.